The number of methoxy groups -OCH3 is 1. The Bertz CT molecular complexity index is 149. The lowest BCUT2D eigenvalue weighted by Gasteiger charge is -2.31. The van der Waals surface area contributed by atoms with Gasteiger partial charge >= 0.3 is 0 Å². The van der Waals surface area contributed by atoms with E-state index in [2.05, 4.69) is 25.7 Å². The van der Waals surface area contributed by atoms with Gasteiger partial charge in [0.15, 0.2) is 0 Å². The highest BCUT2D eigenvalue weighted by Gasteiger charge is 2.15. The molecule has 0 bridgehead atoms. The van der Waals surface area contributed by atoms with Crippen LogP contribution in [-0.4, -0.2) is 44.3 Å². The van der Waals surface area contributed by atoms with Gasteiger partial charge in [0.25, 0.3) is 0 Å². The maximum absolute atomic E-state index is 5.66. The molecule has 3 heteroatoms. The lowest BCUT2D eigenvalue weighted by Crippen LogP contribution is -2.38. The summed E-state index contributed by atoms with van der Waals surface area (Å²) in [5.74, 6) is 0.624. The van der Waals surface area contributed by atoms with Crippen molar-refractivity contribution in [3.8, 4) is 0 Å². The second kappa shape index (κ2) is 10.1. The number of nitrogens with two attached hydrogens (primary N) is 1. The molecule has 0 aromatic heterocycles. The molecule has 0 aliphatic carbocycles. The number of ether oxygens (including phenoxy) is 1. The monoisotopic (exact) mass is 230 g/mol. The molecule has 1 unspecified atom stereocenters. The Morgan fingerprint density at radius 2 is 1.81 bits per heavy atom. The Morgan fingerprint density at radius 1 is 1.19 bits per heavy atom. The first-order valence-electron chi connectivity index (χ1n) is 6.62. The molecular formula is C13H30N2O. The van der Waals surface area contributed by atoms with Crippen LogP contribution < -0.4 is 5.73 Å². The van der Waals surface area contributed by atoms with Crippen molar-refractivity contribution in [2.75, 3.05) is 33.4 Å². The van der Waals surface area contributed by atoms with Crippen molar-refractivity contribution in [3.63, 3.8) is 0 Å². The van der Waals surface area contributed by atoms with Crippen LogP contribution in [0.1, 0.15) is 40.0 Å². The summed E-state index contributed by atoms with van der Waals surface area (Å²) in [4.78, 5) is 2.55. The lowest BCUT2D eigenvalue weighted by molar-refractivity contribution is 0.111. The number of hydrogen-bond donors (Lipinski definition) is 1. The third kappa shape index (κ3) is 6.46. The van der Waals surface area contributed by atoms with E-state index in [1.165, 1.54) is 19.3 Å². The largest absolute Gasteiger partial charge is 0.383 e. The molecule has 0 aromatic carbocycles. The Labute approximate surface area is 101 Å². The first-order chi connectivity index (χ1) is 7.69. The van der Waals surface area contributed by atoms with Gasteiger partial charge in [-0.1, -0.05) is 20.8 Å². The van der Waals surface area contributed by atoms with Gasteiger partial charge in [0.05, 0.1) is 6.61 Å². The van der Waals surface area contributed by atoms with Gasteiger partial charge in [0.2, 0.25) is 0 Å². The van der Waals surface area contributed by atoms with E-state index in [9.17, 15) is 0 Å². The molecule has 0 amide bonds. The van der Waals surface area contributed by atoms with Crippen LogP contribution in [0.3, 0.4) is 0 Å². The molecule has 1 atom stereocenters. The average molecular weight is 230 g/mol. The van der Waals surface area contributed by atoms with Crippen molar-refractivity contribution in [1.82, 2.24) is 4.90 Å². The summed E-state index contributed by atoms with van der Waals surface area (Å²) in [5, 5.41) is 0. The minimum absolute atomic E-state index is 0.624. The van der Waals surface area contributed by atoms with Crippen molar-refractivity contribution in [2.24, 2.45) is 11.7 Å². The van der Waals surface area contributed by atoms with Crippen LogP contribution in [0.5, 0.6) is 0 Å². The van der Waals surface area contributed by atoms with Crippen molar-refractivity contribution < 1.29 is 4.74 Å². The highest BCUT2D eigenvalue weighted by molar-refractivity contribution is 4.70. The van der Waals surface area contributed by atoms with Gasteiger partial charge in [-0.25, -0.2) is 0 Å². The van der Waals surface area contributed by atoms with Crippen LogP contribution in [0.15, 0.2) is 0 Å². The summed E-state index contributed by atoms with van der Waals surface area (Å²) in [5.41, 5.74) is 5.66. The minimum atomic E-state index is 0.624. The van der Waals surface area contributed by atoms with Crippen molar-refractivity contribution in [1.29, 1.82) is 0 Å². The molecule has 16 heavy (non-hydrogen) atoms. The highest BCUT2D eigenvalue weighted by atomic mass is 16.5. The smallest absolute Gasteiger partial charge is 0.0589 e. The van der Waals surface area contributed by atoms with Gasteiger partial charge in [-0.05, 0) is 38.3 Å². The van der Waals surface area contributed by atoms with E-state index in [1.807, 2.05) is 0 Å². The summed E-state index contributed by atoms with van der Waals surface area (Å²) in [6.45, 7) is 10.6. The predicted molar refractivity (Wildman–Crippen MR) is 70.7 cm³/mol. The summed E-state index contributed by atoms with van der Waals surface area (Å²) < 4.78 is 5.18. The standard InChI is InChI=1S/C13H30N2O/c1-5-13(6-2)15(9-10-16-4)8-7-12(3)11-14/h12-13H,5-11,14H2,1-4H3. The Morgan fingerprint density at radius 3 is 2.25 bits per heavy atom. The van der Waals surface area contributed by atoms with Gasteiger partial charge in [0.1, 0.15) is 0 Å². The molecule has 0 saturated carbocycles. The molecule has 0 aliphatic heterocycles. The normalized spacial score (nSPS) is 13.7. The topological polar surface area (TPSA) is 38.5 Å². The van der Waals surface area contributed by atoms with Crippen molar-refractivity contribution >= 4 is 0 Å². The van der Waals surface area contributed by atoms with Crippen LogP contribution in [0.2, 0.25) is 0 Å². The predicted octanol–water partition coefficient (Wildman–Crippen LogP) is 2.11. The van der Waals surface area contributed by atoms with Crippen molar-refractivity contribution in [2.45, 2.75) is 46.1 Å². The van der Waals surface area contributed by atoms with E-state index in [-0.39, 0.29) is 0 Å². The van der Waals surface area contributed by atoms with E-state index >= 15 is 0 Å². The fourth-order valence-electron chi connectivity index (χ4n) is 1.99. The highest BCUT2D eigenvalue weighted by Crippen LogP contribution is 2.11. The third-order valence-corrected chi connectivity index (χ3v) is 3.35. The number of hydrogen-bond acceptors (Lipinski definition) is 3. The SMILES string of the molecule is CCC(CC)N(CCOC)CCC(C)CN. The second-order valence-corrected chi connectivity index (χ2v) is 4.63. The molecular weight excluding hydrogens is 200 g/mol. The van der Waals surface area contributed by atoms with Crippen molar-refractivity contribution in [3.05, 3.63) is 0 Å². The average Bonchev–Trinajstić information content (AvgIpc) is 2.32. The molecule has 2 N–H and O–H groups in total. The van der Waals surface area contributed by atoms with Crippen LogP contribution in [0, 0.1) is 5.92 Å². The van der Waals surface area contributed by atoms with Gasteiger partial charge in [0, 0.05) is 19.7 Å². The number of nitrogens with zero attached hydrogens (tertiary/aromatic N) is 1. The Kier molecular flexibility index (Phi) is 9.99. The zero-order chi connectivity index (χ0) is 12.4. The molecule has 0 aliphatic rings. The third-order valence-electron chi connectivity index (χ3n) is 3.35. The first-order valence-corrected chi connectivity index (χ1v) is 6.62. The van der Waals surface area contributed by atoms with Crippen LogP contribution in [0.4, 0.5) is 0 Å². The Hall–Kier alpha value is -0.120. The molecule has 0 spiro atoms. The molecule has 0 aromatic rings. The quantitative estimate of drug-likeness (QED) is 0.625. The van der Waals surface area contributed by atoms with Gasteiger partial charge < -0.3 is 10.5 Å². The van der Waals surface area contributed by atoms with E-state index in [0.717, 1.165) is 26.2 Å². The molecule has 0 heterocycles. The summed E-state index contributed by atoms with van der Waals surface area (Å²) in [6, 6.07) is 0.695. The fourth-order valence-corrected chi connectivity index (χ4v) is 1.99. The molecule has 0 radical (unpaired) electrons. The van der Waals surface area contributed by atoms with E-state index < -0.39 is 0 Å². The minimum Gasteiger partial charge on any atom is -0.383 e. The van der Waals surface area contributed by atoms with Crippen LogP contribution >= 0.6 is 0 Å². The van der Waals surface area contributed by atoms with E-state index in [0.29, 0.717) is 12.0 Å². The number of rotatable bonds is 10. The van der Waals surface area contributed by atoms with Crippen LogP contribution in [0.25, 0.3) is 0 Å². The maximum atomic E-state index is 5.66. The second-order valence-electron chi connectivity index (χ2n) is 4.63. The lowest BCUT2D eigenvalue weighted by atomic mass is 10.1. The van der Waals surface area contributed by atoms with Gasteiger partial charge in [-0.3, -0.25) is 4.90 Å². The van der Waals surface area contributed by atoms with E-state index in [4.69, 9.17) is 10.5 Å². The molecule has 3 nitrogen and oxygen atoms in total. The maximum Gasteiger partial charge on any atom is 0.0589 e. The fraction of sp³-hybridized carbons (Fsp3) is 1.00. The zero-order valence-corrected chi connectivity index (χ0v) is 11.5. The van der Waals surface area contributed by atoms with Crippen LogP contribution in [-0.2, 0) is 4.74 Å². The molecule has 0 rings (SSSR count). The molecule has 0 fully saturated rings. The zero-order valence-electron chi connectivity index (χ0n) is 11.5. The summed E-state index contributed by atoms with van der Waals surface area (Å²) >= 11 is 0. The van der Waals surface area contributed by atoms with Gasteiger partial charge in [-0.2, -0.15) is 0 Å². The van der Waals surface area contributed by atoms with E-state index in [1.54, 1.807) is 7.11 Å². The van der Waals surface area contributed by atoms with Gasteiger partial charge in [-0.15, -0.1) is 0 Å². The summed E-state index contributed by atoms with van der Waals surface area (Å²) in [7, 11) is 1.77. The first kappa shape index (κ1) is 15.9. The Balaban J connectivity index is 4.07. The molecule has 0 saturated heterocycles. The summed E-state index contributed by atoms with van der Waals surface area (Å²) in [6.07, 6.45) is 3.63. The molecule has 98 valence electrons.